The molecule has 0 aliphatic carbocycles. The molecule has 0 aliphatic rings. The molecule has 0 aliphatic heterocycles. The van der Waals surface area contributed by atoms with Crippen LogP contribution in [0.1, 0.15) is 416 Å². The second kappa shape index (κ2) is 47.0. The molecule has 5 nitrogen and oxygen atoms in total. The highest BCUT2D eigenvalue weighted by Crippen LogP contribution is 2.54. The number of nitrogens with one attached hydrogen (secondary N) is 1. The van der Waals surface area contributed by atoms with Crippen LogP contribution in [0.5, 0.6) is 0 Å². The molecule has 0 saturated carbocycles. The third-order valence-electron chi connectivity index (χ3n) is 31.2. The molecule has 15 aromatic rings. The van der Waals surface area contributed by atoms with Crippen molar-refractivity contribution in [3.05, 3.63) is 368 Å². The van der Waals surface area contributed by atoms with Gasteiger partial charge in [0.15, 0.2) is 0 Å². The van der Waals surface area contributed by atoms with E-state index in [0.717, 1.165) is 77.9 Å². The van der Waals surface area contributed by atoms with Crippen LogP contribution in [0.15, 0.2) is 273 Å². The molecular formula is C143H165NO4S. The van der Waals surface area contributed by atoms with Crippen molar-refractivity contribution >= 4 is 23.9 Å². The van der Waals surface area contributed by atoms with Crippen molar-refractivity contribution in [3.8, 4) is 156 Å². The summed E-state index contributed by atoms with van der Waals surface area (Å²) < 4.78 is 16.8. The minimum Gasteiger partial charge on any atom is -0.467 e. The number of hydrogen-bond donors (Lipinski definition) is 2. The smallest absolute Gasteiger partial charge is 0.329 e. The largest absolute Gasteiger partial charge is 0.467 e. The second-order valence-electron chi connectivity index (χ2n) is 47.3. The van der Waals surface area contributed by atoms with E-state index < -0.39 is 17.9 Å². The van der Waals surface area contributed by atoms with Crippen molar-refractivity contribution in [3.63, 3.8) is 0 Å². The first-order valence-corrected chi connectivity index (χ1v) is 56.6. The van der Waals surface area contributed by atoms with Gasteiger partial charge in [0.2, 0.25) is 0 Å². The van der Waals surface area contributed by atoms with Gasteiger partial charge in [-0.1, -0.05) is 385 Å². The molecule has 15 aromatic carbocycles. The second-order valence-corrected chi connectivity index (χ2v) is 47.9. The number of ether oxygens (including phenoxy) is 1. The summed E-state index contributed by atoms with van der Waals surface area (Å²) in [6.45, 7) is 74.6. The number of carbonyl (C=O) groups excluding carboxylic acids is 2. The minimum absolute atomic E-state index is 0.135. The molecule has 0 bridgehead atoms. The van der Waals surface area contributed by atoms with Crippen molar-refractivity contribution < 1.29 is 18.9 Å². The zero-order chi connectivity index (χ0) is 108. The van der Waals surface area contributed by atoms with Gasteiger partial charge in [-0.25, -0.2) is 4.79 Å². The zero-order valence-electron chi connectivity index (χ0n) is 95.6. The first-order valence-electron chi connectivity index (χ1n) is 55.7. The van der Waals surface area contributed by atoms with Crippen LogP contribution in [0.25, 0.3) is 156 Å². The fourth-order valence-electron chi connectivity index (χ4n) is 23.5. The Morgan fingerprint density at radius 2 is 0.356 bits per heavy atom. The normalized spacial score (nSPS) is 12.3. The lowest BCUT2D eigenvalue weighted by Crippen LogP contribution is -2.43. The van der Waals surface area contributed by atoms with Crippen LogP contribution >= 0.6 is 12.0 Å². The summed E-state index contributed by atoms with van der Waals surface area (Å²) in [6.07, 6.45) is 0. The average Bonchev–Trinajstić information content (AvgIpc) is 0.739. The number of amides is 1. The number of carbonyl (C=O) groups is 2. The Hall–Kier alpha value is -12.5. The Kier molecular flexibility index (Phi) is 34.9. The average molecular weight is 1990 g/mol. The van der Waals surface area contributed by atoms with Crippen molar-refractivity contribution in [1.82, 2.24) is 5.32 Å². The monoisotopic (exact) mass is 1990 g/mol. The summed E-state index contributed by atoms with van der Waals surface area (Å²) in [4.78, 5) is 32.4. The van der Waals surface area contributed by atoms with Gasteiger partial charge in [-0.2, -0.15) is 0 Å². The van der Waals surface area contributed by atoms with Crippen LogP contribution in [0, 0.1) is 0 Å². The Labute approximate surface area is 900 Å². The van der Waals surface area contributed by atoms with Gasteiger partial charge in [-0.15, -0.1) is 0 Å². The number of esters is 1. The van der Waals surface area contributed by atoms with Gasteiger partial charge in [0.25, 0.3) is 5.91 Å². The van der Waals surface area contributed by atoms with Crippen LogP contribution in [0.3, 0.4) is 0 Å². The summed E-state index contributed by atoms with van der Waals surface area (Å²) >= 11 is 0.508. The number of rotatable bonds is 35. The molecule has 15 rings (SSSR count). The van der Waals surface area contributed by atoms with Crippen LogP contribution < -0.4 is 5.32 Å². The van der Waals surface area contributed by atoms with Crippen LogP contribution in [-0.4, -0.2) is 35.3 Å². The highest BCUT2D eigenvalue weighted by molar-refractivity contribution is 7.93. The maximum absolute atomic E-state index is 17.7. The van der Waals surface area contributed by atoms with Gasteiger partial charge in [-0.05, 0) is 461 Å². The molecular weight excluding hydrogens is 1830 g/mol. The fourth-order valence-corrected chi connectivity index (χ4v) is 23.9. The van der Waals surface area contributed by atoms with E-state index in [2.05, 4.69) is 500 Å². The molecule has 0 fully saturated rings. The van der Waals surface area contributed by atoms with Crippen LogP contribution in [0.4, 0.5) is 0 Å². The van der Waals surface area contributed by atoms with Gasteiger partial charge in [-0.3, -0.25) is 4.79 Å². The molecule has 0 aromatic heterocycles. The number of methoxy groups -OCH3 is 1. The van der Waals surface area contributed by atoms with Crippen molar-refractivity contribution in [1.29, 1.82) is 0 Å². The van der Waals surface area contributed by atoms with E-state index >= 15 is 4.79 Å². The van der Waals surface area contributed by atoms with E-state index in [9.17, 15) is 9.35 Å². The minimum atomic E-state index is -1.27. The molecule has 772 valence electrons. The summed E-state index contributed by atoms with van der Waals surface area (Å²) in [5, 5.41) is 3.33. The predicted molar refractivity (Wildman–Crippen MR) is 646 cm³/mol. The molecule has 0 radical (unpaired) electrons. The van der Waals surface area contributed by atoms with Gasteiger partial charge in [0.1, 0.15) is 6.04 Å². The van der Waals surface area contributed by atoms with Crippen molar-refractivity contribution in [2.75, 3.05) is 12.9 Å². The molecule has 2 N–H and O–H groups in total. The standard InChI is InChI=1S/C143H165NO4S/c1-80(2)114-45-35-46-115(81(3)4)133(114)106-65-101(66-107(73-106)134-116(82(5)6)47-36-48-117(134)83(7)8)99-62-98(63-100(64-99)102-67-108(135-118(84(9)10)49-37-50-119(135)85(11)12)74-109(68-102)136-120(86(13)14)51-38-52-121(136)87(15)16)96-43-34-44-97(61-96)130-77-104(103-69-110(137-122(88(17)18)53-39-54-123(137)89(19)20)75-111(70-103)138-124(90(21)22)55-40-56-125(138)91(23)24)78-131(141(130)142(145)144-132(79-149-147)143(146)148-33)105-71-112(139-126(92(25)26)57-41-58-127(139)93(27)28)76-113(72-105)140-128(94(29)30)59-42-60-129(140)95(31)32/h34-78,80-95,132,147H,79H2,1-33H3,(H,144,145)/t132-/m0/s1. The first kappa shape index (κ1) is 111. The molecule has 0 unspecified atom stereocenters. The fraction of sp³-hybridized carbons (Fsp3) is 0.357. The van der Waals surface area contributed by atoms with E-state index in [-0.39, 0.29) is 100 Å². The third kappa shape index (κ3) is 23.2. The van der Waals surface area contributed by atoms with E-state index in [1.54, 1.807) is 0 Å². The Morgan fingerprint density at radius 1 is 0.208 bits per heavy atom. The number of benzene rings is 15. The molecule has 0 saturated heterocycles. The number of hydrogen-bond acceptors (Lipinski definition) is 5. The summed E-state index contributed by atoms with van der Waals surface area (Å²) in [6, 6.07) is 105. The van der Waals surface area contributed by atoms with E-state index in [0.29, 0.717) is 28.7 Å². The highest BCUT2D eigenvalue weighted by Gasteiger charge is 2.34. The highest BCUT2D eigenvalue weighted by atomic mass is 32.2. The maximum Gasteiger partial charge on any atom is 0.329 e. The van der Waals surface area contributed by atoms with Crippen LogP contribution in [0.2, 0.25) is 0 Å². The van der Waals surface area contributed by atoms with E-state index in [1.165, 1.54) is 163 Å². The lowest BCUT2D eigenvalue weighted by atomic mass is 9.79. The molecule has 1 atom stereocenters. The first-order chi connectivity index (χ1) is 70.9. The van der Waals surface area contributed by atoms with Crippen molar-refractivity contribution in [2.45, 2.75) is 322 Å². The molecule has 149 heavy (non-hydrogen) atoms. The van der Waals surface area contributed by atoms with Gasteiger partial charge in [0, 0.05) is 0 Å². The third-order valence-corrected chi connectivity index (χ3v) is 31.7. The topological polar surface area (TPSA) is 75.6 Å². The lowest BCUT2D eigenvalue weighted by Gasteiger charge is -2.26. The van der Waals surface area contributed by atoms with Crippen molar-refractivity contribution in [2.24, 2.45) is 0 Å². The summed E-state index contributed by atoms with van der Waals surface area (Å²) in [5.41, 5.74) is 51.0. The SMILES string of the molecule is COC(=O)[C@H](CSO)NC(=O)c1c(-c2cccc(-c3cc(-c4cc(-c5c(C(C)C)cccc5C(C)C)cc(-c5c(C(C)C)cccc5C(C)C)c4)cc(-c4cc(-c5c(C(C)C)cccc5C(C)C)cc(-c5c(C(C)C)cccc5C(C)C)c4)c3)c2)cc(-c2cc(-c3c(C(C)C)cccc3C(C)C)cc(-c3c(C(C)C)cccc3C(C)C)c2)cc1-c1cc(-c2c(C(C)C)cccc2C(C)C)cc(-c2c(C(C)C)cccc2C(C)C)c1. The molecule has 0 heterocycles. The zero-order valence-corrected chi connectivity index (χ0v) is 96.4. The van der Waals surface area contributed by atoms with E-state index in [1.807, 2.05) is 0 Å². The van der Waals surface area contributed by atoms with Gasteiger partial charge in [0.05, 0.1) is 18.4 Å². The van der Waals surface area contributed by atoms with E-state index in [4.69, 9.17) is 4.74 Å². The molecule has 6 heteroatoms. The Morgan fingerprint density at radius 3 is 0.544 bits per heavy atom. The summed E-state index contributed by atoms with van der Waals surface area (Å²) in [5.74, 6) is 1.65. The Bertz CT molecular complexity index is 6700. The quantitative estimate of drug-likeness (QED) is 0.0306. The predicted octanol–water partition coefficient (Wildman–Crippen LogP) is 42.5. The Balaban J connectivity index is 1.17. The molecule has 1 amide bonds. The molecule has 0 spiro atoms. The van der Waals surface area contributed by atoms with Crippen LogP contribution in [-0.2, 0) is 9.53 Å². The van der Waals surface area contributed by atoms with Gasteiger partial charge >= 0.3 is 5.97 Å². The van der Waals surface area contributed by atoms with Gasteiger partial charge < -0.3 is 14.6 Å². The maximum atomic E-state index is 17.7. The lowest BCUT2D eigenvalue weighted by molar-refractivity contribution is -0.142. The summed E-state index contributed by atoms with van der Waals surface area (Å²) in [7, 11) is 1.35.